The lowest BCUT2D eigenvalue weighted by molar-refractivity contribution is -0.142. The van der Waals surface area contributed by atoms with Gasteiger partial charge in [0.1, 0.15) is 0 Å². The molecule has 0 aliphatic rings. The summed E-state index contributed by atoms with van der Waals surface area (Å²) in [5.41, 5.74) is 13.2. The van der Waals surface area contributed by atoms with Gasteiger partial charge in [-0.15, -0.1) is 0 Å². The fourth-order valence-corrected chi connectivity index (χ4v) is 1.40. The monoisotopic (exact) mass is 222 g/mol. The summed E-state index contributed by atoms with van der Waals surface area (Å²) in [5, 5.41) is 0. The zero-order valence-electron chi connectivity index (χ0n) is 9.53. The molecule has 0 spiro atoms. The van der Waals surface area contributed by atoms with Crippen LogP contribution in [0.2, 0.25) is 0 Å². The lowest BCUT2D eigenvalue weighted by atomic mass is 10.1. The standard InChI is InChI=1S/C12H18N2O2/c1-2-3-4-16-12(15)7-9-5-10(13)8-11(14)6-9/h5-6,8H,2-4,7,13-14H2,1H3. The van der Waals surface area contributed by atoms with Gasteiger partial charge in [-0.3, -0.25) is 4.79 Å². The van der Waals surface area contributed by atoms with Gasteiger partial charge < -0.3 is 16.2 Å². The van der Waals surface area contributed by atoms with Gasteiger partial charge in [-0.25, -0.2) is 0 Å². The highest BCUT2D eigenvalue weighted by atomic mass is 16.5. The van der Waals surface area contributed by atoms with Gasteiger partial charge in [0.25, 0.3) is 0 Å². The van der Waals surface area contributed by atoms with E-state index in [-0.39, 0.29) is 12.4 Å². The first-order chi connectivity index (χ1) is 7.61. The number of hydrogen-bond donors (Lipinski definition) is 2. The molecule has 0 aromatic heterocycles. The smallest absolute Gasteiger partial charge is 0.310 e. The van der Waals surface area contributed by atoms with Crippen LogP contribution in [-0.2, 0) is 16.0 Å². The highest BCUT2D eigenvalue weighted by Crippen LogP contribution is 2.14. The number of unbranched alkanes of at least 4 members (excludes halogenated alkanes) is 1. The Bertz CT molecular complexity index is 344. The first-order valence-electron chi connectivity index (χ1n) is 5.42. The number of nitrogen functional groups attached to an aromatic ring is 2. The van der Waals surface area contributed by atoms with E-state index in [0.29, 0.717) is 18.0 Å². The lowest BCUT2D eigenvalue weighted by Crippen LogP contribution is -2.09. The van der Waals surface area contributed by atoms with Crippen LogP contribution in [0.5, 0.6) is 0 Å². The number of ether oxygens (including phenoxy) is 1. The van der Waals surface area contributed by atoms with E-state index in [1.807, 2.05) is 6.92 Å². The van der Waals surface area contributed by atoms with Gasteiger partial charge in [0.05, 0.1) is 13.0 Å². The minimum absolute atomic E-state index is 0.221. The van der Waals surface area contributed by atoms with Crippen molar-refractivity contribution in [1.82, 2.24) is 0 Å². The Labute approximate surface area is 95.6 Å². The van der Waals surface area contributed by atoms with Crippen molar-refractivity contribution in [3.63, 3.8) is 0 Å². The second-order valence-electron chi connectivity index (χ2n) is 3.76. The molecule has 0 heterocycles. The Balaban J connectivity index is 2.49. The zero-order valence-corrected chi connectivity index (χ0v) is 9.53. The molecule has 1 rings (SSSR count). The molecule has 4 heteroatoms. The molecule has 0 radical (unpaired) electrons. The molecule has 1 aromatic carbocycles. The maximum atomic E-state index is 11.4. The highest BCUT2D eigenvalue weighted by Gasteiger charge is 2.05. The molecule has 0 amide bonds. The van der Waals surface area contributed by atoms with E-state index in [4.69, 9.17) is 16.2 Å². The Hall–Kier alpha value is -1.71. The van der Waals surface area contributed by atoms with Crippen LogP contribution in [0.25, 0.3) is 0 Å². The van der Waals surface area contributed by atoms with Crippen molar-refractivity contribution >= 4 is 17.3 Å². The summed E-state index contributed by atoms with van der Waals surface area (Å²) in [7, 11) is 0. The van der Waals surface area contributed by atoms with Crippen LogP contribution in [-0.4, -0.2) is 12.6 Å². The van der Waals surface area contributed by atoms with E-state index in [1.165, 1.54) is 0 Å². The van der Waals surface area contributed by atoms with Crippen molar-refractivity contribution in [2.24, 2.45) is 0 Å². The average molecular weight is 222 g/mol. The van der Waals surface area contributed by atoms with Crippen LogP contribution in [0.15, 0.2) is 18.2 Å². The Morgan fingerprint density at radius 2 is 1.88 bits per heavy atom. The summed E-state index contributed by atoms with van der Waals surface area (Å²) >= 11 is 0. The molecule has 4 nitrogen and oxygen atoms in total. The van der Waals surface area contributed by atoms with Crippen molar-refractivity contribution < 1.29 is 9.53 Å². The molecule has 0 bridgehead atoms. The van der Waals surface area contributed by atoms with Gasteiger partial charge in [0.2, 0.25) is 0 Å². The maximum Gasteiger partial charge on any atom is 0.310 e. The highest BCUT2D eigenvalue weighted by molar-refractivity contribution is 5.73. The zero-order chi connectivity index (χ0) is 12.0. The van der Waals surface area contributed by atoms with Crippen LogP contribution in [0.3, 0.4) is 0 Å². The molecule has 4 N–H and O–H groups in total. The van der Waals surface area contributed by atoms with Crippen molar-refractivity contribution in [2.45, 2.75) is 26.2 Å². The molecule has 1 aromatic rings. The first-order valence-corrected chi connectivity index (χ1v) is 5.42. The van der Waals surface area contributed by atoms with Crippen LogP contribution in [0.1, 0.15) is 25.3 Å². The first kappa shape index (κ1) is 12.4. The predicted octanol–water partition coefficient (Wildman–Crippen LogP) is 1.74. The normalized spacial score (nSPS) is 10.1. The molecule has 0 saturated heterocycles. The van der Waals surface area contributed by atoms with E-state index in [9.17, 15) is 4.79 Å². The molecule has 0 unspecified atom stereocenters. The number of benzene rings is 1. The fourth-order valence-electron chi connectivity index (χ4n) is 1.40. The van der Waals surface area contributed by atoms with Crippen LogP contribution < -0.4 is 11.5 Å². The summed E-state index contributed by atoms with van der Waals surface area (Å²) in [5.74, 6) is -0.238. The second kappa shape index (κ2) is 6.00. The summed E-state index contributed by atoms with van der Waals surface area (Å²) in [6.07, 6.45) is 2.13. The minimum atomic E-state index is -0.238. The van der Waals surface area contributed by atoms with Gasteiger partial charge in [-0.05, 0) is 30.2 Å². The fraction of sp³-hybridized carbons (Fsp3) is 0.417. The molecule has 16 heavy (non-hydrogen) atoms. The molecular weight excluding hydrogens is 204 g/mol. The quantitative estimate of drug-likeness (QED) is 0.452. The van der Waals surface area contributed by atoms with Crippen molar-refractivity contribution in [1.29, 1.82) is 0 Å². The van der Waals surface area contributed by atoms with Gasteiger partial charge in [-0.1, -0.05) is 13.3 Å². The van der Waals surface area contributed by atoms with E-state index < -0.39 is 0 Å². The Morgan fingerprint density at radius 1 is 1.25 bits per heavy atom. The molecule has 0 saturated carbocycles. The largest absolute Gasteiger partial charge is 0.465 e. The van der Waals surface area contributed by atoms with Gasteiger partial charge >= 0.3 is 5.97 Å². The van der Waals surface area contributed by atoms with Crippen molar-refractivity contribution in [2.75, 3.05) is 18.1 Å². The molecule has 0 fully saturated rings. The Morgan fingerprint density at radius 3 is 2.44 bits per heavy atom. The predicted molar refractivity (Wildman–Crippen MR) is 64.8 cm³/mol. The summed E-state index contributed by atoms with van der Waals surface area (Å²) in [4.78, 5) is 11.4. The third-order valence-electron chi connectivity index (χ3n) is 2.15. The van der Waals surface area contributed by atoms with E-state index in [2.05, 4.69) is 0 Å². The Kier molecular flexibility index (Phi) is 4.64. The second-order valence-corrected chi connectivity index (χ2v) is 3.76. The summed E-state index contributed by atoms with van der Waals surface area (Å²) in [6, 6.07) is 5.13. The number of esters is 1. The van der Waals surface area contributed by atoms with Crippen molar-refractivity contribution in [3.8, 4) is 0 Å². The molecular formula is C12H18N2O2. The number of nitrogens with two attached hydrogens (primary N) is 2. The number of hydrogen-bond acceptors (Lipinski definition) is 4. The van der Waals surface area contributed by atoms with E-state index >= 15 is 0 Å². The summed E-state index contributed by atoms with van der Waals surface area (Å²) in [6.45, 7) is 2.53. The third kappa shape index (κ3) is 4.21. The molecule has 88 valence electrons. The van der Waals surface area contributed by atoms with E-state index in [1.54, 1.807) is 18.2 Å². The van der Waals surface area contributed by atoms with Crippen molar-refractivity contribution in [3.05, 3.63) is 23.8 Å². The lowest BCUT2D eigenvalue weighted by Gasteiger charge is -2.05. The van der Waals surface area contributed by atoms with Gasteiger partial charge in [0, 0.05) is 11.4 Å². The van der Waals surface area contributed by atoms with Gasteiger partial charge in [0.15, 0.2) is 0 Å². The topological polar surface area (TPSA) is 78.3 Å². The van der Waals surface area contributed by atoms with Crippen LogP contribution in [0.4, 0.5) is 11.4 Å². The maximum absolute atomic E-state index is 11.4. The third-order valence-corrected chi connectivity index (χ3v) is 2.15. The molecule has 0 aliphatic heterocycles. The molecule has 0 aliphatic carbocycles. The average Bonchev–Trinajstić information content (AvgIpc) is 2.16. The number of rotatable bonds is 5. The SMILES string of the molecule is CCCCOC(=O)Cc1cc(N)cc(N)c1. The number of carbonyl (C=O) groups is 1. The number of carbonyl (C=O) groups excluding carboxylic acids is 1. The number of anilines is 2. The van der Waals surface area contributed by atoms with Gasteiger partial charge in [-0.2, -0.15) is 0 Å². The molecule has 0 atom stereocenters. The van der Waals surface area contributed by atoms with E-state index in [0.717, 1.165) is 18.4 Å². The van der Waals surface area contributed by atoms with Crippen LogP contribution >= 0.6 is 0 Å². The summed E-state index contributed by atoms with van der Waals surface area (Å²) < 4.78 is 5.05. The van der Waals surface area contributed by atoms with Crippen LogP contribution in [0, 0.1) is 0 Å². The minimum Gasteiger partial charge on any atom is -0.465 e.